The van der Waals surface area contributed by atoms with Crippen molar-refractivity contribution in [1.82, 2.24) is 15.5 Å². The summed E-state index contributed by atoms with van der Waals surface area (Å²) in [5, 5.41) is 5.57. The molecule has 0 bridgehead atoms. The number of morpholine rings is 1. The second-order valence-corrected chi connectivity index (χ2v) is 6.05. The fourth-order valence-corrected chi connectivity index (χ4v) is 3.00. The predicted molar refractivity (Wildman–Crippen MR) is 79.8 cm³/mol. The summed E-state index contributed by atoms with van der Waals surface area (Å²) >= 11 is 0. The summed E-state index contributed by atoms with van der Waals surface area (Å²) in [7, 11) is 0. The number of rotatable bonds is 4. The van der Waals surface area contributed by atoms with Crippen LogP contribution in [0.2, 0.25) is 0 Å². The molecule has 2 amide bonds. The fourth-order valence-electron chi connectivity index (χ4n) is 3.00. The fraction of sp³-hybridized carbons (Fsp3) is 0.867. The Kier molecular flexibility index (Phi) is 6.45. The summed E-state index contributed by atoms with van der Waals surface area (Å²) in [5.74, 6) is -0.541. The molecule has 1 aliphatic heterocycles. The van der Waals surface area contributed by atoms with Crippen LogP contribution >= 0.6 is 0 Å². The Morgan fingerprint density at radius 1 is 1.14 bits per heavy atom. The normalized spacial score (nSPS) is 27.1. The second-order valence-electron chi connectivity index (χ2n) is 6.05. The van der Waals surface area contributed by atoms with E-state index in [1.54, 1.807) is 0 Å². The lowest BCUT2D eigenvalue weighted by Crippen LogP contribution is -2.49. The van der Waals surface area contributed by atoms with E-state index < -0.39 is 11.8 Å². The van der Waals surface area contributed by atoms with Crippen LogP contribution in [0.15, 0.2) is 0 Å². The lowest BCUT2D eigenvalue weighted by atomic mass is 9.86. The van der Waals surface area contributed by atoms with Gasteiger partial charge in [-0.15, -0.1) is 0 Å². The highest BCUT2D eigenvalue weighted by molar-refractivity contribution is 6.35. The van der Waals surface area contributed by atoms with Gasteiger partial charge < -0.3 is 15.4 Å². The minimum atomic E-state index is -0.513. The molecular weight excluding hydrogens is 270 g/mol. The van der Waals surface area contributed by atoms with Gasteiger partial charge in [-0.05, 0) is 18.8 Å². The molecule has 2 rings (SSSR count). The minimum absolute atomic E-state index is 0.149. The molecule has 1 saturated carbocycles. The van der Waals surface area contributed by atoms with Crippen LogP contribution in [0.4, 0.5) is 0 Å². The topological polar surface area (TPSA) is 70.7 Å². The Morgan fingerprint density at radius 2 is 1.86 bits per heavy atom. The Bertz CT molecular complexity index is 356. The molecule has 1 heterocycles. The van der Waals surface area contributed by atoms with Crippen molar-refractivity contribution < 1.29 is 14.3 Å². The molecule has 1 aliphatic carbocycles. The third-order valence-corrected chi connectivity index (χ3v) is 4.45. The summed E-state index contributed by atoms with van der Waals surface area (Å²) in [6, 6.07) is 0.149. The van der Waals surface area contributed by atoms with Gasteiger partial charge >= 0.3 is 11.8 Å². The van der Waals surface area contributed by atoms with Gasteiger partial charge in [-0.1, -0.05) is 19.8 Å². The molecule has 0 aromatic carbocycles. The van der Waals surface area contributed by atoms with Crippen LogP contribution in [0, 0.1) is 5.92 Å². The molecule has 6 heteroatoms. The number of amides is 2. The van der Waals surface area contributed by atoms with Crippen molar-refractivity contribution in [3.63, 3.8) is 0 Å². The zero-order valence-corrected chi connectivity index (χ0v) is 12.9. The number of hydrogen-bond donors (Lipinski definition) is 2. The Labute approximate surface area is 126 Å². The third-order valence-electron chi connectivity index (χ3n) is 4.45. The molecule has 6 nitrogen and oxygen atoms in total. The molecule has 0 unspecified atom stereocenters. The molecule has 120 valence electrons. The van der Waals surface area contributed by atoms with Gasteiger partial charge in [0.05, 0.1) is 13.2 Å². The van der Waals surface area contributed by atoms with Gasteiger partial charge in [0.15, 0.2) is 0 Å². The number of nitrogens with one attached hydrogen (secondary N) is 2. The van der Waals surface area contributed by atoms with Gasteiger partial charge in [0.1, 0.15) is 0 Å². The van der Waals surface area contributed by atoms with Crippen molar-refractivity contribution in [2.45, 2.75) is 38.6 Å². The summed E-state index contributed by atoms with van der Waals surface area (Å²) in [4.78, 5) is 25.9. The lowest BCUT2D eigenvalue weighted by molar-refractivity contribution is -0.140. The molecule has 0 aromatic heterocycles. The molecule has 0 aromatic rings. The van der Waals surface area contributed by atoms with E-state index in [0.29, 0.717) is 12.5 Å². The highest BCUT2D eigenvalue weighted by atomic mass is 16.5. The molecular formula is C15H27N3O3. The van der Waals surface area contributed by atoms with Crippen molar-refractivity contribution in [2.24, 2.45) is 5.92 Å². The van der Waals surface area contributed by atoms with Crippen LogP contribution in [0.3, 0.4) is 0 Å². The van der Waals surface area contributed by atoms with E-state index in [-0.39, 0.29) is 6.04 Å². The lowest BCUT2D eigenvalue weighted by Gasteiger charge is -2.29. The summed E-state index contributed by atoms with van der Waals surface area (Å²) in [6.07, 6.45) is 4.46. The third kappa shape index (κ3) is 5.28. The average molecular weight is 297 g/mol. The van der Waals surface area contributed by atoms with E-state index >= 15 is 0 Å². The molecule has 21 heavy (non-hydrogen) atoms. The van der Waals surface area contributed by atoms with Gasteiger partial charge in [-0.25, -0.2) is 0 Å². The van der Waals surface area contributed by atoms with E-state index in [4.69, 9.17) is 4.74 Å². The van der Waals surface area contributed by atoms with Crippen molar-refractivity contribution in [3.8, 4) is 0 Å². The van der Waals surface area contributed by atoms with Crippen molar-refractivity contribution in [1.29, 1.82) is 0 Å². The van der Waals surface area contributed by atoms with Crippen LogP contribution in [-0.2, 0) is 14.3 Å². The number of carbonyl (C=O) groups is 2. The van der Waals surface area contributed by atoms with Crippen molar-refractivity contribution in [2.75, 3.05) is 39.4 Å². The molecule has 0 spiro atoms. The number of nitrogens with zero attached hydrogens (tertiary/aromatic N) is 1. The molecule has 2 fully saturated rings. The van der Waals surface area contributed by atoms with Gasteiger partial charge in [0, 0.05) is 32.2 Å². The van der Waals surface area contributed by atoms with Crippen LogP contribution in [0.25, 0.3) is 0 Å². The van der Waals surface area contributed by atoms with E-state index in [0.717, 1.165) is 52.1 Å². The van der Waals surface area contributed by atoms with Crippen LogP contribution < -0.4 is 10.6 Å². The summed E-state index contributed by atoms with van der Waals surface area (Å²) in [6.45, 7) is 6.68. The SMILES string of the molecule is C[C@@H]1CCCC[C@@H]1NC(=O)C(=O)NCCN1CCOCC1. The Hall–Kier alpha value is -1.14. The smallest absolute Gasteiger partial charge is 0.309 e. The zero-order chi connectivity index (χ0) is 15.1. The van der Waals surface area contributed by atoms with E-state index in [2.05, 4.69) is 22.5 Å². The Balaban J connectivity index is 1.63. The first-order valence-corrected chi connectivity index (χ1v) is 8.05. The maximum absolute atomic E-state index is 11.9. The highest BCUT2D eigenvalue weighted by Gasteiger charge is 2.25. The van der Waals surface area contributed by atoms with Gasteiger partial charge in [0.25, 0.3) is 0 Å². The molecule has 1 saturated heterocycles. The minimum Gasteiger partial charge on any atom is -0.379 e. The van der Waals surface area contributed by atoms with E-state index in [1.165, 1.54) is 6.42 Å². The summed E-state index contributed by atoms with van der Waals surface area (Å²) < 4.78 is 5.27. The van der Waals surface area contributed by atoms with Crippen molar-refractivity contribution in [3.05, 3.63) is 0 Å². The Morgan fingerprint density at radius 3 is 2.57 bits per heavy atom. The first-order chi connectivity index (χ1) is 10.2. The summed E-state index contributed by atoms with van der Waals surface area (Å²) in [5.41, 5.74) is 0. The molecule has 2 aliphatic rings. The number of hydrogen-bond acceptors (Lipinski definition) is 4. The molecule has 2 N–H and O–H groups in total. The van der Waals surface area contributed by atoms with E-state index in [1.807, 2.05) is 0 Å². The van der Waals surface area contributed by atoms with Gasteiger partial charge in [-0.2, -0.15) is 0 Å². The quantitative estimate of drug-likeness (QED) is 0.724. The maximum Gasteiger partial charge on any atom is 0.309 e. The van der Waals surface area contributed by atoms with E-state index in [9.17, 15) is 9.59 Å². The molecule has 2 atom stereocenters. The zero-order valence-electron chi connectivity index (χ0n) is 12.9. The predicted octanol–water partition coefficient (Wildman–Crippen LogP) is 0.130. The second kappa shape index (κ2) is 8.34. The van der Waals surface area contributed by atoms with Crippen LogP contribution in [0.5, 0.6) is 0 Å². The van der Waals surface area contributed by atoms with Crippen LogP contribution in [-0.4, -0.2) is 62.1 Å². The van der Waals surface area contributed by atoms with Crippen molar-refractivity contribution >= 4 is 11.8 Å². The number of ether oxygens (including phenoxy) is 1. The standard InChI is InChI=1S/C15H27N3O3/c1-12-4-2-3-5-13(12)17-15(20)14(19)16-6-7-18-8-10-21-11-9-18/h12-13H,2-11H2,1H3,(H,16,19)(H,17,20)/t12-,13+/m1/s1. The van der Waals surface area contributed by atoms with Gasteiger partial charge in [-0.3, -0.25) is 14.5 Å². The first kappa shape index (κ1) is 16.2. The van der Waals surface area contributed by atoms with Gasteiger partial charge in [0.2, 0.25) is 0 Å². The highest BCUT2D eigenvalue weighted by Crippen LogP contribution is 2.23. The molecule has 0 radical (unpaired) electrons. The van der Waals surface area contributed by atoms with Crippen LogP contribution in [0.1, 0.15) is 32.6 Å². The number of carbonyl (C=O) groups excluding carboxylic acids is 2. The average Bonchev–Trinajstić information content (AvgIpc) is 2.50. The first-order valence-electron chi connectivity index (χ1n) is 8.05. The largest absolute Gasteiger partial charge is 0.379 e. The maximum atomic E-state index is 11.9. The monoisotopic (exact) mass is 297 g/mol.